The molecule has 6 nitrogen and oxygen atoms in total. The Morgan fingerprint density at radius 3 is 2.86 bits per heavy atom. The fourth-order valence-electron chi connectivity index (χ4n) is 2.66. The SMILES string of the molecule is CCCN1CCC(Nc2cc(C(=O)OC)c(N)cn2)CC1. The van der Waals surface area contributed by atoms with Gasteiger partial charge in [-0.15, -0.1) is 0 Å². The van der Waals surface area contributed by atoms with E-state index in [9.17, 15) is 4.79 Å². The molecule has 1 aliphatic rings. The first-order valence-electron chi connectivity index (χ1n) is 7.46. The third-order valence-corrected chi connectivity index (χ3v) is 3.82. The number of likely N-dealkylation sites (tertiary alicyclic amines) is 1. The summed E-state index contributed by atoms with van der Waals surface area (Å²) in [4.78, 5) is 18.4. The smallest absolute Gasteiger partial charge is 0.340 e. The van der Waals surface area contributed by atoms with Gasteiger partial charge in [0.1, 0.15) is 5.82 Å². The number of methoxy groups -OCH3 is 1. The zero-order valence-corrected chi connectivity index (χ0v) is 12.8. The number of nitrogen functional groups attached to an aromatic ring is 1. The number of nitrogens with two attached hydrogens (primary N) is 1. The molecule has 1 aliphatic heterocycles. The van der Waals surface area contributed by atoms with Gasteiger partial charge in [-0.1, -0.05) is 6.92 Å². The van der Waals surface area contributed by atoms with Gasteiger partial charge in [-0.3, -0.25) is 0 Å². The molecule has 0 radical (unpaired) electrons. The highest BCUT2D eigenvalue weighted by Gasteiger charge is 2.19. The van der Waals surface area contributed by atoms with Crippen molar-refractivity contribution in [2.75, 3.05) is 37.8 Å². The predicted octanol–water partition coefficient (Wildman–Crippen LogP) is 1.74. The van der Waals surface area contributed by atoms with Crippen LogP contribution in [0, 0.1) is 0 Å². The summed E-state index contributed by atoms with van der Waals surface area (Å²) in [5, 5.41) is 3.39. The Morgan fingerprint density at radius 2 is 2.24 bits per heavy atom. The van der Waals surface area contributed by atoms with Crippen LogP contribution < -0.4 is 11.1 Å². The van der Waals surface area contributed by atoms with E-state index in [0.29, 0.717) is 23.1 Å². The molecule has 3 N–H and O–H groups in total. The average Bonchev–Trinajstić information content (AvgIpc) is 2.50. The molecule has 21 heavy (non-hydrogen) atoms. The van der Waals surface area contributed by atoms with Crippen LogP contribution in [0.1, 0.15) is 36.5 Å². The van der Waals surface area contributed by atoms with Gasteiger partial charge in [0.2, 0.25) is 0 Å². The van der Waals surface area contributed by atoms with Crippen molar-refractivity contribution in [3.63, 3.8) is 0 Å². The molecule has 0 aromatic carbocycles. The maximum Gasteiger partial charge on any atom is 0.340 e. The van der Waals surface area contributed by atoms with Gasteiger partial charge in [-0.05, 0) is 31.9 Å². The Hall–Kier alpha value is -1.82. The number of hydrogen-bond donors (Lipinski definition) is 2. The van der Waals surface area contributed by atoms with E-state index in [1.165, 1.54) is 26.3 Å². The molecule has 2 heterocycles. The number of carbonyl (C=O) groups is 1. The van der Waals surface area contributed by atoms with Crippen molar-refractivity contribution >= 4 is 17.5 Å². The quantitative estimate of drug-likeness (QED) is 0.805. The molecular weight excluding hydrogens is 268 g/mol. The zero-order chi connectivity index (χ0) is 15.2. The molecule has 0 amide bonds. The van der Waals surface area contributed by atoms with Crippen LogP contribution >= 0.6 is 0 Å². The number of nitrogens with one attached hydrogen (secondary N) is 1. The van der Waals surface area contributed by atoms with Gasteiger partial charge < -0.3 is 20.7 Å². The van der Waals surface area contributed by atoms with Crippen LogP contribution in [0.25, 0.3) is 0 Å². The van der Waals surface area contributed by atoms with Crippen molar-refractivity contribution in [2.24, 2.45) is 0 Å². The summed E-state index contributed by atoms with van der Waals surface area (Å²) in [6.45, 7) is 5.57. The number of esters is 1. The molecule has 1 saturated heterocycles. The van der Waals surface area contributed by atoms with Crippen LogP contribution in [0.5, 0.6) is 0 Å². The number of piperidine rings is 1. The van der Waals surface area contributed by atoms with E-state index in [1.54, 1.807) is 6.07 Å². The van der Waals surface area contributed by atoms with Crippen LogP contribution in [-0.2, 0) is 4.74 Å². The van der Waals surface area contributed by atoms with Crippen LogP contribution in [0.4, 0.5) is 11.5 Å². The maximum atomic E-state index is 11.6. The first kappa shape index (κ1) is 15.6. The van der Waals surface area contributed by atoms with Gasteiger partial charge in [0, 0.05) is 19.1 Å². The molecule has 0 saturated carbocycles. The van der Waals surface area contributed by atoms with Gasteiger partial charge in [0.25, 0.3) is 0 Å². The number of nitrogens with zero attached hydrogens (tertiary/aromatic N) is 2. The largest absolute Gasteiger partial charge is 0.465 e. The molecular formula is C15H24N4O2. The van der Waals surface area contributed by atoms with Crippen molar-refractivity contribution in [3.8, 4) is 0 Å². The van der Waals surface area contributed by atoms with E-state index in [-0.39, 0.29) is 0 Å². The monoisotopic (exact) mass is 292 g/mol. The van der Waals surface area contributed by atoms with Crippen molar-refractivity contribution < 1.29 is 9.53 Å². The molecule has 0 bridgehead atoms. The number of carbonyl (C=O) groups excluding carboxylic acids is 1. The molecule has 1 aromatic heterocycles. The molecule has 2 rings (SSSR count). The predicted molar refractivity (Wildman–Crippen MR) is 83.4 cm³/mol. The van der Waals surface area contributed by atoms with E-state index in [1.807, 2.05) is 0 Å². The summed E-state index contributed by atoms with van der Waals surface area (Å²) in [6.07, 6.45) is 4.86. The first-order valence-corrected chi connectivity index (χ1v) is 7.46. The zero-order valence-electron chi connectivity index (χ0n) is 12.8. The molecule has 0 aliphatic carbocycles. The van der Waals surface area contributed by atoms with Gasteiger partial charge in [-0.25, -0.2) is 9.78 Å². The summed E-state index contributed by atoms with van der Waals surface area (Å²) in [5.41, 5.74) is 6.45. The summed E-state index contributed by atoms with van der Waals surface area (Å²) >= 11 is 0. The minimum atomic E-state index is -0.435. The van der Waals surface area contributed by atoms with Crippen LogP contribution in [0.2, 0.25) is 0 Å². The molecule has 0 unspecified atom stereocenters. The summed E-state index contributed by atoms with van der Waals surface area (Å²) in [5.74, 6) is 0.245. The first-order chi connectivity index (χ1) is 10.1. The topological polar surface area (TPSA) is 80.5 Å². The molecule has 1 fully saturated rings. The normalized spacial score (nSPS) is 16.7. The lowest BCUT2D eigenvalue weighted by molar-refractivity contribution is 0.0602. The molecule has 6 heteroatoms. The molecule has 0 atom stereocenters. The fourth-order valence-corrected chi connectivity index (χ4v) is 2.66. The van der Waals surface area contributed by atoms with Crippen LogP contribution in [0.3, 0.4) is 0 Å². The number of aromatic nitrogens is 1. The number of anilines is 2. The second-order valence-corrected chi connectivity index (χ2v) is 5.41. The molecule has 116 valence electrons. The van der Waals surface area contributed by atoms with E-state index >= 15 is 0 Å². The lowest BCUT2D eigenvalue weighted by atomic mass is 10.0. The maximum absolute atomic E-state index is 11.6. The van der Waals surface area contributed by atoms with Crippen LogP contribution in [0.15, 0.2) is 12.3 Å². The number of ether oxygens (including phenoxy) is 1. The van der Waals surface area contributed by atoms with Crippen molar-refractivity contribution in [1.82, 2.24) is 9.88 Å². The van der Waals surface area contributed by atoms with E-state index < -0.39 is 5.97 Å². The average molecular weight is 292 g/mol. The summed E-state index contributed by atoms with van der Waals surface area (Å²) in [7, 11) is 1.35. The van der Waals surface area contributed by atoms with Gasteiger partial charge in [0.15, 0.2) is 0 Å². The number of pyridine rings is 1. The Labute approximate surface area is 125 Å². The highest BCUT2D eigenvalue weighted by Crippen LogP contribution is 2.19. The Balaban J connectivity index is 1.96. The second-order valence-electron chi connectivity index (χ2n) is 5.41. The van der Waals surface area contributed by atoms with Gasteiger partial charge in [0.05, 0.1) is 24.6 Å². The third-order valence-electron chi connectivity index (χ3n) is 3.82. The summed E-state index contributed by atoms with van der Waals surface area (Å²) < 4.78 is 4.72. The third kappa shape index (κ3) is 4.07. The molecule has 0 spiro atoms. The van der Waals surface area contributed by atoms with E-state index in [0.717, 1.165) is 25.9 Å². The lowest BCUT2D eigenvalue weighted by Crippen LogP contribution is -2.39. The minimum Gasteiger partial charge on any atom is -0.465 e. The summed E-state index contributed by atoms with van der Waals surface area (Å²) in [6, 6.07) is 2.05. The van der Waals surface area contributed by atoms with Gasteiger partial charge in [-0.2, -0.15) is 0 Å². The minimum absolute atomic E-state index is 0.338. The van der Waals surface area contributed by atoms with E-state index in [2.05, 4.69) is 22.1 Å². The Kier molecular flexibility index (Phi) is 5.38. The lowest BCUT2D eigenvalue weighted by Gasteiger charge is -2.32. The molecule has 1 aromatic rings. The fraction of sp³-hybridized carbons (Fsp3) is 0.600. The number of rotatable bonds is 5. The highest BCUT2D eigenvalue weighted by molar-refractivity contribution is 5.95. The van der Waals surface area contributed by atoms with Crippen molar-refractivity contribution in [3.05, 3.63) is 17.8 Å². The Morgan fingerprint density at radius 1 is 1.52 bits per heavy atom. The van der Waals surface area contributed by atoms with E-state index in [4.69, 9.17) is 10.5 Å². The number of hydrogen-bond acceptors (Lipinski definition) is 6. The standard InChI is InChI=1S/C15H24N4O2/c1-3-6-19-7-4-11(5-8-19)18-14-9-12(15(20)21-2)13(16)10-17-14/h9-11H,3-8,16H2,1-2H3,(H,17,18). The van der Waals surface area contributed by atoms with Crippen molar-refractivity contribution in [1.29, 1.82) is 0 Å². The second kappa shape index (κ2) is 7.26. The van der Waals surface area contributed by atoms with Gasteiger partial charge >= 0.3 is 5.97 Å². The van der Waals surface area contributed by atoms with Crippen LogP contribution in [-0.4, -0.2) is 48.6 Å². The Bertz CT molecular complexity index is 485. The van der Waals surface area contributed by atoms with Crippen molar-refractivity contribution in [2.45, 2.75) is 32.2 Å². The highest BCUT2D eigenvalue weighted by atomic mass is 16.5.